The molecule has 0 saturated carbocycles. The highest BCUT2D eigenvalue weighted by atomic mass is 19.1. The number of hydrogen-bond acceptors (Lipinski definition) is 2. The number of amides is 2. The topological polar surface area (TPSA) is 49.4 Å². The van der Waals surface area contributed by atoms with Gasteiger partial charge in [0.25, 0.3) is 0 Å². The van der Waals surface area contributed by atoms with Gasteiger partial charge < -0.3 is 10.2 Å². The van der Waals surface area contributed by atoms with Gasteiger partial charge in [-0.2, -0.15) is 0 Å². The maximum absolute atomic E-state index is 13.1. The van der Waals surface area contributed by atoms with E-state index in [-0.39, 0.29) is 24.2 Å². The van der Waals surface area contributed by atoms with Crippen LogP contribution in [-0.2, 0) is 22.6 Å². The van der Waals surface area contributed by atoms with Gasteiger partial charge in [0.1, 0.15) is 11.9 Å². The molecule has 2 amide bonds. The summed E-state index contributed by atoms with van der Waals surface area (Å²) in [7, 11) is 1.55. The van der Waals surface area contributed by atoms with Crippen molar-refractivity contribution >= 4 is 11.8 Å². The first-order valence-electron chi connectivity index (χ1n) is 8.71. The molecular weight excluding hydrogens is 331 g/mol. The molecule has 0 unspecified atom stereocenters. The Morgan fingerprint density at radius 1 is 1.04 bits per heavy atom. The van der Waals surface area contributed by atoms with Crippen molar-refractivity contribution in [3.8, 4) is 0 Å². The van der Waals surface area contributed by atoms with Gasteiger partial charge in [-0.25, -0.2) is 4.39 Å². The molecule has 2 rings (SSSR count). The Morgan fingerprint density at radius 3 is 2.19 bits per heavy atom. The molecule has 0 aliphatic heterocycles. The van der Waals surface area contributed by atoms with E-state index in [1.54, 1.807) is 31.0 Å². The smallest absolute Gasteiger partial charge is 0.242 e. The van der Waals surface area contributed by atoms with E-state index >= 15 is 0 Å². The van der Waals surface area contributed by atoms with Gasteiger partial charge in [-0.1, -0.05) is 42.0 Å². The minimum Gasteiger partial charge on any atom is -0.357 e. The highest BCUT2D eigenvalue weighted by molar-refractivity contribution is 5.87. The Bertz CT molecular complexity index is 742. The number of nitrogens with one attached hydrogen (secondary N) is 1. The summed E-state index contributed by atoms with van der Waals surface area (Å²) < 4.78 is 13.1. The summed E-state index contributed by atoms with van der Waals surface area (Å²) in [6.45, 7) is 3.98. The number of halogens is 1. The number of rotatable bonds is 7. The van der Waals surface area contributed by atoms with Gasteiger partial charge in [-0.15, -0.1) is 0 Å². The van der Waals surface area contributed by atoms with Crippen molar-refractivity contribution in [2.45, 2.75) is 39.3 Å². The number of carbonyl (C=O) groups is 2. The van der Waals surface area contributed by atoms with Gasteiger partial charge in [-0.3, -0.25) is 9.59 Å². The average molecular weight is 356 g/mol. The zero-order valence-electron chi connectivity index (χ0n) is 15.5. The Labute approximate surface area is 154 Å². The molecule has 5 heteroatoms. The fourth-order valence-electron chi connectivity index (χ4n) is 2.73. The highest BCUT2D eigenvalue weighted by Gasteiger charge is 2.25. The Morgan fingerprint density at radius 2 is 1.62 bits per heavy atom. The molecule has 2 aromatic carbocycles. The van der Waals surface area contributed by atoms with Crippen molar-refractivity contribution in [3.63, 3.8) is 0 Å². The van der Waals surface area contributed by atoms with E-state index < -0.39 is 6.04 Å². The van der Waals surface area contributed by atoms with E-state index in [0.717, 1.165) is 11.1 Å². The quantitative estimate of drug-likeness (QED) is 0.828. The first kappa shape index (κ1) is 19.6. The van der Waals surface area contributed by atoms with Crippen molar-refractivity contribution < 1.29 is 14.0 Å². The predicted octanol–water partition coefficient (Wildman–Crippen LogP) is 3.23. The van der Waals surface area contributed by atoms with Crippen LogP contribution in [0.3, 0.4) is 0 Å². The number of hydrogen-bond donors (Lipinski definition) is 1. The van der Waals surface area contributed by atoms with E-state index in [2.05, 4.69) is 5.32 Å². The van der Waals surface area contributed by atoms with Crippen LogP contribution in [0.25, 0.3) is 0 Å². The van der Waals surface area contributed by atoms with Crippen LogP contribution in [-0.4, -0.2) is 29.8 Å². The standard InChI is InChI=1S/C21H25FN2O2/c1-15-4-6-17(7-5-15)10-13-20(25)24(16(2)21(26)23-3)14-18-8-11-19(22)12-9-18/h4-9,11-12,16H,10,13-14H2,1-3H3,(H,23,26)/t16-/m0/s1. The zero-order chi connectivity index (χ0) is 19.1. The molecular formula is C21H25FN2O2. The highest BCUT2D eigenvalue weighted by Crippen LogP contribution is 2.14. The molecule has 0 aliphatic carbocycles. The SMILES string of the molecule is CNC(=O)[C@H](C)N(Cc1ccc(F)cc1)C(=O)CCc1ccc(C)cc1. The molecule has 138 valence electrons. The first-order chi connectivity index (χ1) is 12.4. The van der Waals surface area contributed by atoms with Gasteiger partial charge in [0.2, 0.25) is 11.8 Å². The lowest BCUT2D eigenvalue weighted by Gasteiger charge is -2.28. The molecule has 1 atom stereocenters. The van der Waals surface area contributed by atoms with Crippen LogP contribution >= 0.6 is 0 Å². The van der Waals surface area contributed by atoms with Gasteiger partial charge in [0.15, 0.2) is 0 Å². The fourth-order valence-corrected chi connectivity index (χ4v) is 2.73. The number of benzene rings is 2. The fraction of sp³-hybridized carbons (Fsp3) is 0.333. The van der Waals surface area contributed by atoms with Crippen LogP contribution < -0.4 is 5.32 Å². The molecule has 0 spiro atoms. The lowest BCUT2D eigenvalue weighted by molar-refractivity contribution is -0.140. The molecule has 1 N–H and O–H groups in total. The number of carbonyl (C=O) groups excluding carboxylic acids is 2. The van der Waals surface area contributed by atoms with Crippen molar-refractivity contribution in [2.24, 2.45) is 0 Å². The van der Waals surface area contributed by atoms with Crippen LogP contribution in [0, 0.1) is 12.7 Å². The van der Waals surface area contributed by atoms with Crippen LogP contribution in [0.4, 0.5) is 4.39 Å². The predicted molar refractivity (Wildman–Crippen MR) is 100.0 cm³/mol. The second-order valence-electron chi connectivity index (χ2n) is 6.42. The molecule has 0 aliphatic rings. The van der Waals surface area contributed by atoms with Crippen molar-refractivity contribution in [2.75, 3.05) is 7.05 Å². The molecule has 4 nitrogen and oxygen atoms in total. The first-order valence-corrected chi connectivity index (χ1v) is 8.71. The Kier molecular flexibility index (Phi) is 6.89. The van der Waals surface area contributed by atoms with E-state index in [4.69, 9.17) is 0 Å². The normalized spacial score (nSPS) is 11.7. The van der Waals surface area contributed by atoms with E-state index in [0.29, 0.717) is 12.8 Å². The molecule has 0 fully saturated rings. The maximum Gasteiger partial charge on any atom is 0.242 e. The Balaban J connectivity index is 2.10. The summed E-state index contributed by atoms with van der Waals surface area (Å²) in [4.78, 5) is 26.4. The largest absolute Gasteiger partial charge is 0.357 e. The summed E-state index contributed by atoms with van der Waals surface area (Å²) in [6, 6.07) is 13.4. The summed E-state index contributed by atoms with van der Waals surface area (Å²) in [5, 5.41) is 2.58. The molecule has 26 heavy (non-hydrogen) atoms. The molecule has 0 heterocycles. The van der Waals surface area contributed by atoms with Crippen molar-refractivity contribution in [1.29, 1.82) is 0 Å². The monoisotopic (exact) mass is 356 g/mol. The lowest BCUT2D eigenvalue weighted by Crippen LogP contribution is -2.46. The van der Waals surface area contributed by atoms with Crippen molar-refractivity contribution in [1.82, 2.24) is 10.2 Å². The minimum atomic E-state index is -0.601. The maximum atomic E-state index is 13.1. The number of nitrogens with zero attached hydrogens (tertiary/aromatic N) is 1. The summed E-state index contributed by atoms with van der Waals surface area (Å²) in [5.41, 5.74) is 3.04. The van der Waals surface area contributed by atoms with E-state index in [1.165, 1.54) is 17.7 Å². The van der Waals surface area contributed by atoms with E-state index in [1.807, 2.05) is 31.2 Å². The molecule has 0 aromatic heterocycles. The van der Waals surface area contributed by atoms with Gasteiger partial charge >= 0.3 is 0 Å². The van der Waals surface area contributed by atoms with Crippen LogP contribution in [0.1, 0.15) is 30.0 Å². The van der Waals surface area contributed by atoms with Crippen LogP contribution in [0.5, 0.6) is 0 Å². The van der Waals surface area contributed by atoms with Crippen LogP contribution in [0.15, 0.2) is 48.5 Å². The number of likely N-dealkylation sites (N-methyl/N-ethyl adjacent to an activating group) is 1. The Hall–Kier alpha value is -2.69. The van der Waals surface area contributed by atoms with Gasteiger partial charge in [-0.05, 0) is 43.5 Å². The van der Waals surface area contributed by atoms with Gasteiger partial charge in [0.05, 0.1) is 0 Å². The zero-order valence-corrected chi connectivity index (χ0v) is 15.5. The van der Waals surface area contributed by atoms with E-state index in [9.17, 15) is 14.0 Å². The minimum absolute atomic E-state index is 0.106. The summed E-state index contributed by atoms with van der Waals surface area (Å²) >= 11 is 0. The van der Waals surface area contributed by atoms with Gasteiger partial charge in [0, 0.05) is 20.0 Å². The second kappa shape index (κ2) is 9.13. The molecule has 0 saturated heterocycles. The second-order valence-corrected chi connectivity index (χ2v) is 6.42. The average Bonchev–Trinajstić information content (AvgIpc) is 2.65. The summed E-state index contributed by atoms with van der Waals surface area (Å²) in [5.74, 6) is -0.660. The van der Waals surface area contributed by atoms with Crippen molar-refractivity contribution in [3.05, 3.63) is 71.0 Å². The molecule has 0 radical (unpaired) electrons. The van der Waals surface area contributed by atoms with Crippen LogP contribution in [0.2, 0.25) is 0 Å². The number of aryl methyl sites for hydroxylation is 2. The lowest BCUT2D eigenvalue weighted by atomic mass is 10.1. The molecule has 2 aromatic rings. The summed E-state index contributed by atoms with van der Waals surface area (Å²) in [6.07, 6.45) is 0.922. The molecule has 0 bridgehead atoms. The third-order valence-corrected chi connectivity index (χ3v) is 4.43. The third-order valence-electron chi connectivity index (χ3n) is 4.43. The third kappa shape index (κ3) is 5.41.